The van der Waals surface area contributed by atoms with Gasteiger partial charge in [-0.05, 0) is 49.8 Å². The molecule has 4 atom stereocenters. The van der Waals surface area contributed by atoms with Crippen LogP contribution in [0.1, 0.15) is 37.7 Å². The summed E-state index contributed by atoms with van der Waals surface area (Å²) in [6, 6.07) is 6.92. The predicted molar refractivity (Wildman–Crippen MR) is 110 cm³/mol. The summed E-state index contributed by atoms with van der Waals surface area (Å²) in [5.74, 6) is -4.64. The van der Waals surface area contributed by atoms with Crippen LogP contribution in [-0.2, 0) is 4.79 Å². The van der Waals surface area contributed by atoms with Gasteiger partial charge in [-0.1, -0.05) is 36.4 Å². The van der Waals surface area contributed by atoms with Crippen LogP contribution in [0, 0.1) is 18.8 Å². The van der Waals surface area contributed by atoms with Gasteiger partial charge < -0.3 is 20.1 Å². The first kappa shape index (κ1) is 24.0. The second-order valence-corrected chi connectivity index (χ2v) is 7.78. The zero-order valence-electron chi connectivity index (χ0n) is 17.1. The number of aliphatic hydroxyl groups is 2. The Kier molecular flexibility index (Phi) is 8.99. The molecule has 0 radical (unpaired) electrons. The van der Waals surface area contributed by atoms with E-state index in [1.807, 2.05) is 12.2 Å². The van der Waals surface area contributed by atoms with Crippen LogP contribution in [0.5, 0.6) is 5.75 Å². The molecule has 0 heterocycles. The maximum atomic E-state index is 14.3. The topological polar surface area (TPSA) is 87.0 Å². The Morgan fingerprint density at radius 2 is 1.97 bits per heavy atom. The van der Waals surface area contributed by atoms with E-state index in [9.17, 15) is 23.8 Å². The van der Waals surface area contributed by atoms with Crippen LogP contribution in [0.4, 0.5) is 8.78 Å². The Morgan fingerprint density at radius 1 is 1.23 bits per heavy atom. The summed E-state index contributed by atoms with van der Waals surface area (Å²) in [4.78, 5) is 10.5. The third kappa shape index (κ3) is 7.54. The number of hydrogen-bond donors (Lipinski definition) is 3. The average molecular weight is 424 g/mol. The summed E-state index contributed by atoms with van der Waals surface area (Å²) >= 11 is 0. The Morgan fingerprint density at radius 3 is 2.67 bits per heavy atom. The summed E-state index contributed by atoms with van der Waals surface area (Å²) < 4.78 is 33.8. The van der Waals surface area contributed by atoms with Crippen molar-refractivity contribution in [1.29, 1.82) is 0 Å². The fraction of sp³-hybridized carbons (Fsp3) is 0.522. The zero-order valence-corrected chi connectivity index (χ0v) is 17.1. The number of halogens is 2. The second kappa shape index (κ2) is 11.2. The highest BCUT2D eigenvalue weighted by atomic mass is 19.3. The smallest absolute Gasteiger partial charge is 0.303 e. The Labute approximate surface area is 175 Å². The van der Waals surface area contributed by atoms with E-state index in [1.54, 1.807) is 31.2 Å². The van der Waals surface area contributed by atoms with Gasteiger partial charge in [0, 0.05) is 18.8 Å². The van der Waals surface area contributed by atoms with Crippen LogP contribution in [0.25, 0.3) is 0 Å². The molecular weight excluding hydrogens is 394 g/mol. The molecule has 30 heavy (non-hydrogen) atoms. The van der Waals surface area contributed by atoms with Gasteiger partial charge >= 0.3 is 5.97 Å². The predicted octanol–water partition coefficient (Wildman–Crippen LogP) is 4.12. The molecule has 1 aromatic rings. The largest absolute Gasteiger partial charge is 0.487 e. The highest BCUT2D eigenvalue weighted by Gasteiger charge is 2.40. The number of hydrogen-bond acceptors (Lipinski definition) is 4. The molecule has 1 saturated carbocycles. The van der Waals surface area contributed by atoms with E-state index in [-0.39, 0.29) is 18.8 Å². The molecule has 0 saturated heterocycles. The van der Waals surface area contributed by atoms with Crippen LogP contribution in [0.3, 0.4) is 0 Å². The lowest BCUT2D eigenvalue weighted by Crippen LogP contribution is -2.25. The van der Waals surface area contributed by atoms with Crippen LogP contribution in [0.15, 0.2) is 48.6 Å². The van der Waals surface area contributed by atoms with Crippen LogP contribution < -0.4 is 4.74 Å². The monoisotopic (exact) mass is 424 g/mol. The molecule has 0 bridgehead atoms. The van der Waals surface area contributed by atoms with Crippen molar-refractivity contribution >= 4 is 5.97 Å². The molecule has 0 amide bonds. The quantitative estimate of drug-likeness (QED) is 0.367. The van der Waals surface area contributed by atoms with Gasteiger partial charge in [-0.25, -0.2) is 0 Å². The lowest BCUT2D eigenvalue weighted by molar-refractivity contribution is -0.137. The van der Waals surface area contributed by atoms with Crippen molar-refractivity contribution in [3.63, 3.8) is 0 Å². The zero-order chi connectivity index (χ0) is 22.1. The Balaban J connectivity index is 1.92. The van der Waals surface area contributed by atoms with E-state index in [0.29, 0.717) is 25.0 Å². The number of aliphatic carboxylic acids is 1. The first-order valence-electron chi connectivity index (χ1n) is 10.2. The molecule has 1 unspecified atom stereocenters. The number of unbranched alkanes of at least 4 members (excludes halogenated alkanes) is 1. The summed E-state index contributed by atoms with van der Waals surface area (Å²) in [6.45, 7) is 0.966. The number of alkyl halides is 2. The molecule has 7 heteroatoms. The molecule has 1 aliphatic carbocycles. The van der Waals surface area contributed by atoms with E-state index in [4.69, 9.17) is 9.84 Å². The van der Waals surface area contributed by atoms with Gasteiger partial charge in [0.1, 0.15) is 5.75 Å². The Hall–Kier alpha value is -2.25. The lowest BCUT2D eigenvalue weighted by atomic mass is 9.89. The number of aryl methyl sites for hydroxylation is 1. The first-order valence-corrected chi connectivity index (χ1v) is 10.2. The molecule has 1 aliphatic rings. The summed E-state index contributed by atoms with van der Waals surface area (Å²) in [7, 11) is 0. The van der Waals surface area contributed by atoms with Crippen molar-refractivity contribution in [3.05, 3.63) is 54.1 Å². The molecular formula is C23H30F2O5. The standard InChI is InChI=1S/C23H30F2O5/c1-16-8-6-7-10-21(16)30-15-23(24,25)13-12-18-17(19(26)14-20(18)27)9-4-2-3-5-11-22(28)29/h2,4,6-8,10,12-13,17-20,26-27H,3,5,9,11,14-15H2,1H3,(H,28,29)/b4-2-,13-12+/t17-,18?,19+,20-/m1/s1. The van der Waals surface area contributed by atoms with E-state index in [1.165, 1.54) is 6.08 Å². The normalized spacial score (nSPS) is 24.7. The SMILES string of the molecule is Cc1ccccc1OCC(F)(F)/C=C/C1[C@H](O)C[C@H](O)[C@@H]1C/C=C\CCCC(=O)O. The maximum absolute atomic E-state index is 14.3. The second-order valence-electron chi connectivity index (χ2n) is 7.78. The molecule has 0 spiro atoms. The minimum atomic E-state index is -3.22. The molecule has 2 rings (SSSR count). The van der Waals surface area contributed by atoms with Gasteiger partial charge in [-0.3, -0.25) is 4.79 Å². The number of carboxylic acids is 1. The van der Waals surface area contributed by atoms with Crippen molar-refractivity contribution in [2.24, 2.45) is 11.8 Å². The van der Waals surface area contributed by atoms with E-state index < -0.39 is 36.6 Å². The Bertz CT molecular complexity index is 747. The van der Waals surface area contributed by atoms with Crippen LogP contribution >= 0.6 is 0 Å². The molecule has 0 aromatic heterocycles. The van der Waals surface area contributed by atoms with Crippen molar-refractivity contribution in [1.82, 2.24) is 0 Å². The molecule has 3 N–H and O–H groups in total. The molecule has 166 valence electrons. The van der Waals surface area contributed by atoms with Crippen molar-refractivity contribution in [3.8, 4) is 5.75 Å². The van der Waals surface area contributed by atoms with Crippen LogP contribution in [-0.4, -0.2) is 46.0 Å². The van der Waals surface area contributed by atoms with Gasteiger partial charge in [0.2, 0.25) is 0 Å². The van der Waals surface area contributed by atoms with E-state index in [0.717, 1.165) is 11.6 Å². The number of aliphatic hydroxyl groups excluding tert-OH is 2. The summed E-state index contributed by atoms with van der Waals surface area (Å²) in [5.41, 5.74) is 0.766. The van der Waals surface area contributed by atoms with Gasteiger partial charge in [0.05, 0.1) is 12.2 Å². The maximum Gasteiger partial charge on any atom is 0.303 e. The van der Waals surface area contributed by atoms with Crippen LogP contribution in [0.2, 0.25) is 0 Å². The summed E-state index contributed by atoms with van der Waals surface area (Å²) in [6.07, 6.45) is 5.74. The number of rotatable bonds is 11. The number of allylic oxidation sites excluding steroid dienone is 2. The molecule has 1 aromatic carbocycles. The highest BCUT2D eigenvalue weighted by molar-refractivity contribution is 5.66. The van der Waals surface area contributed by atoms with Gasteiger partial charge in [-0.2, -0.15) is 8.78 Å². The van der Waals surface area contributed by atoms with Crippen molar-refractivity contribution in [2.75, 3.05) is 6.61 Å². The van der Waals surface area contributed by atoms with E-state index >= 15 is 0 Å². The summed E-state index contributed by atoms with van der Waals surface area (Å²) in [5, 5.41) is 29.0. The number of benzene rings is 1. The number of ether oxygens (including phenoxy) is 1. The fourth-order valence-electron chi connectivity index (χ4n) is 3.64. The van der Waals surface area contributed by atoms with Gasteiger partial charge in [0.15, 0.2) is 6.61 Å². The minimum absolute atomic E-state index is 0.0835. The van der Waals surface area contributed by atoms with E-state index in [2.05, 4.69) is 0 Å². The molecule has 5 nitrogen and oxygen atoms in total. The van der Waals surface area contributed by atoms with Crippen molar-refractivity contribution in [2.45, 2.75) is 57.2 Å². The van der Waals surface area contributed by atoms with Crippen molar-refractivity contribution < 1.29 is 33.6 Å². The average Bonchev–Trinajstić information content (AvgIpc) is 2.94. The number of para-hydroxylation sites is 1. The van der Waals surface area contributed by atoms with Gasteiger partial charge in [0.25, 0.3) is 5.92 Å². The number of carbonyl (C=O) groups is 1. The fourth-order valence-corrected chi connectivity index (χ4v) is 3.64. The molecule has 1 fully saturated rings. The third-order valence-electron chi connectivity index (χ3n) is 5.33. The molecule has 0 aliphatic heterocycles. The van der Waals surface area contributed by atoms with Gasteiger partial charge in [-0.15, -0.1) is 0 Å². The highest BCUT2D eigenvalue weighted by Crippen LogP contribution is 2.37. The number of carboxylic acid groups (broad SMARTS) is 1. The minimum Gasteiger partial charge on any atom is -0.487 e. The third-order valence-corrected chi connectivity index (χ3v) is 5.33. The first-order chi connectivity index (χ1) is 14.2. The lowest BCUT2D eigenvalue weighted by Gasteiger charge is -2.20.